The van der Waals surface area contributed by atoms with Gasteiger partial charge < -0.3 is 14.3 Å². The van der Waals surface area contributed by atoms with Gasteiger partial charge in [-0.05, 0) is 30.7 Å². The molecule has 1 aromatic carbocycles. The van der Waals surface area contributed by atoms with Gasteiger partial charge in [0.15, 0.2) is 0 Å². The first-order valence-corrected chi connectivity index (χ1v) is 6.62. The van der Waals surface area contributed by atoms with Gasteiger partial charge in [-0.15, -0.1) is 0 Å². The Morgan fingerprint density at radius 1 is 1.38 bits per heavy atom. The molecule has 21 heavy (non-hydrogen) atoms. The summed E-state index contributed by atoms with van der Waals surface area (Å²) < 4.78 is 7.12. The number of nitrogens with one attached hydrogen (secondary N) is 1. The summed E-state index contributed by atoms with van der Waals surface area (Å²) in [6.45, 7) is 2.48. The number of amides is 1. The van der Waals surface area contributed by atoms with Gasteiger partial charge in [-0.25, -0.2) is 4.98 Å². The zero-order valence-electron chi connectivity index (χ0n) is 11.6. The van der Waals surface area contributed by atoms with Gasteiger partial charge in [0, 0.05) is 24.6 Å². The van der Waals surface area contributed by atoms with Crippen LogP contribution in [0.5, 0.6) is 0 Å². The maximum absolute atomic E-state index is 12.1. The predicted molar refractivity (Wildman–Crippen MR) is 79.2 cm³/mol. The molecule has 106 valence electrons. The molecule has 0 aliphatic rings. The van der Waals surface area contributed by atoms with Crippen molar-refractivity contribution in [2.75, 3.05) is 5.32 Å². The molecule has 0 radical (unpaired) electrons. The van der Waals surface area contributed by atoms with E-state index in [0.29, 0.717) is 17.9 Å². The minimum Gasteiger partial charge on any atom is -0.469 e. The molecule has 2 aromatic heterocycles. The number of aryl methyl sites for hydroxylation is 1. The zero-order valence-corrected chi connectivity index (χ0v) is 11.6. The SMILES string of the molecule is Cc1occc1C(=O)Nc1cccc(Cn2ccnc2)c1. The molecule has 0 aliphatic carbocycles. The highest BCUT2D eigenvalue weighted by Crippen LogP contribution is 2.15. The molecule has 1 N–H and O–H groups in total. The summed E-state index contributed by atoms with van der Waals surface area (Å²) in [6, 6.07) is 9.42. The number of hydrogen-bond acceptors (Lipinski definition) is 3. The molecule has 2 heterocycles. The Hall–Kier alpha value is -2.82. The van der Waals surface area contributed by atoms with Crippen molar-refractivity contribution in [3.8, 4) is 0 Å². The number of benzene rings is 1. The lowest BCUT2D eigenvalue weighted by Crippen LogP contribution is -2.12. The maximum atomic E-state index is 12.1. The molecule has 0 atom stereocenters. The van der Waals surface area contributed by atoms with Gasteiger partial charge in [-0.1, -0.05) is 12.1 Å². The average molecular weight is 281 g/mol. The molecule has 0 bridgehead atoms. The first-order chi connectivity index (χ1) is 10.2. The summed E-state index contributed by atoms with van der Waals surface area (Å²) in [5.74, 6) is 0.447. The standard InChI is InChI=1S/C16H15N3O2/c1-12-15(5-8-21-12)16(20)18-14-4-2-3-13(9-14)10-19-7-6-17-11-19/h2-9,11H,10H2,1H3,(H,18,20). The predicted octanol–water partition coefficient (Wildman–Crippen LogP) is 3.09. The Morgan fingerprint density at radius 2 is 2.29 bits per heavy atom. The van der Waals surface area contributed by atoms with E-state index in [4.69, 9.17) is 4.42 Å². The minimum absolute atomic E-state index is 0.166. The van der Waals surface area contributed by atoms with Crippen LogP contribution in [0, 0.1) is 6.92 Å². The number of furan rings is 1. The molecule has 1 amide bonds. The fourth-order valence-electron chi connectivity index (χ4n) is 2.16. The van der Waals surface area contributed by atoms with Crippen molar-refractivity contribution in [1.29, 1.82) is 0 Å². The molecule has 5 nitrogen and oxygen atoms in total. The van der Waals surface area contributed by atoms with Crippen LogP contribution in [0.1, 0.15) is 21.7 Å². The summed E-state index contributed by atoms with van der Waals surface area (Å²) in [7, 11) is 0. The molecular formula is C16H15N3O2. The summed E-state index contributed by atoms with van der Waals surface area (Å²) in [4.78, 5) is 16.2. The summed E-state index contributed by atoms with van der Waals surface area (Å²) >= 11 is 0. The van der Waals surface area contributed by atoms with Crippen LogP contribution in [-0.4, -0.2) is 15.5 Å². The van der Waals surface area contributed by atoms with Gasteiger partial charge in [0.05, 0.1) is 18.2 Å². The van der Waals surface area contributed by atoms with Crippen LogP contribution in [0.2, 0.25) is 0 Å². The molecule has 3 aromatic rings. The molecule has 0 aliphatic heterocycles. The number of carbonyl (C=O) groups excluding carboxylic acids is 1. The molecule has 0 saturated heterocycles. The van der Waals surface area contributed by atoms with Gasteiger partial charge in [0.1, 0.15) is 5.76 Å². The molecular weight excluding hydrogens is 266 g/mol. The van der Waals surface area contributed by atoms with E-state index in [1.54, 1.807) is 25.5 Å². The van der Waals surface area contributed by atoms with Crippen LogP contribution in [0.25, 0.3) is 0 Å². The van der Waals surface area contributed by atoms with Gasteiger partial charge in [-0.3, -0.25) is 4.79 Å². The van der Waals surface area contributed by atoms with E-state index in [1.165, 1.54) is 6.26 Å². The highest BCUT2D eigenvalue weighted by atomic mass is 16.3. The topological polar surface area (TPSA) is 60.1 Å². The van der Waals surface area contributed by atoms with Gasteiger partial charge in [0.2, 0.25) is 0 Å². The van der Waals surface area contributed by atoms with Crippen LogP contribution in [0.4, 0.5) is 5.69 Å². The zero-order chi connectivity index (χ0) is 14.7. The van der Waals surface area contributed by atoms with Crippen LogP contribution in [0.15, 0.2) is 59.7 Å². The molecule has 5 heteroatoms. The molecule has 0 saturated carbocycles. The molecule has 0 spiro atoms. The third kappa shape index (κ3) is 3.02. The minimum atomic E-state index is -0.166. The Labute approximate surface area is 122 Å². The summed E-state index contributed by atoms with van der Waals surface area (Å²) in [6.07, 6.45) is 6.92. The van der Waals surface area contributed by atoms with Crippen molar-refractivity contribution in [3.05, 3.63) is 72.2 Å². The first kappa shape index (κ1) is 13.2. The number of carbonyl (C=O) groups is 1. The smallest absolute Gasteiger partial charge is 0.259 e. The summed E-state index contributed by atoms with van der Waals surface area (Å²) in [5, 5.41) is 2.88. The van der Waals surface area contributed by atoms with Crippen LogP contribution in [0.3, 0.4) is 0 Å². The third-order valence-electron chi connectivity index (χ3n) is 3.21. The lowest BCUT2D eigenvalue weighted by Gasteiger charge is -2.07. The Bertz CT molecular complexity index is 744. The second kappa shape index (κ2) is 5.66. The fourth-order valence-corrected chi connectivity index (χ4v) is 2.16. The second-order valence-corrected chi connectivity index (χ2v) is 4.78. The Morgan fingerprint density at radius 3 is 3.00 bits per heavy atom. The fraction of sp³-hybridized carbons (Fsp3) is 0.125. The first-order valence-electron chi connectivity index (χ1n) is 6.62. The number of nitrogens with zero attached hydrogens (tertiary/aromatic N) is 2. The molecule has 0 unspecified atom stereocenters. The number of imidazole rings is 1. The average Bonchev–Trinajstić information content (AvgIpc) is 3.10. The van der Waals surface area contributed by atoms with Crippen LogP contribution < -0.4 is 5.32 Å². The van der Waals surface area contributed by atoms with E-state index in [9.17, 15) is 4.79 Å². The lowest BCUT2D eigenvalue weighted by molar-refractivity contribution is 0.102. The van der Waals surface area contributed by atoms with E-state index in [0.717, 1.165) is 11.3 Å². The highest BCUT2D eigenvalue weighted by molar-refractivity contribution is 6.04. The van der Waals surface area contributed by atoms with Gasteiger partial charge in [0.25, 0.3) is 5.91 Å². The van der Waals surface area contributed by atoms with Crippen molar-refractivity contribution < 1.29 is 9.21 Å². The number of rotatable bonds is 4. The maximum Gasteiger partial charge on any atom is 0.259 e. The van der Waals surface area contributed by atoms with Gasteiger partial charge in [-0.2, -0.15) is 0 Å². The van der Waals surface area contributed by atoms with Crippen LogP contribution >= 0.6 is 0 Å². The van der Waals surface area contributed by atoms with E-state index < -0.39 is 0 Å². The van der Waals surface area contributed by atoms with E-state index in [1.807, 2.05) is 35.0 Å². The number of anilines is 1. The van der Waals surface area contributed by atoms with Crippen molar-refractivity contribution in [2.45, 2.75) is 13.5 Å². The van der Waals surface area contributed by atoms with Crippen molar-refractivity contribution in [2.24, 2.45) is 0 Å². The highest BCUT2D eigenvalue weighted by Gasteiger charge is 2.11. The normalized spacial score (nSPS) is 10.5. The monoisotopic (exact) mass is 281 g/mol. The molecule has 3 rings (SSSR count). The van der Waals surface area contributed by atoms with E-state index in [-0.39, 0.29) is 5.91 Å². The lowest BCUT2D eigenvalue weighted by atomic mass is 10.2. The van der Waals surface area contributed by atoms with E-state index >= 15 is 0 Å². The third-order valence-corrected chi connectivity index (χ3v) is 3.21. The number of hydrogen-bond donors (Lipinski definition) is 1. The molecule has 0 fully saturated rings. The van der Waals surface area contributed by atoms with Crippen molar-refractivity contribution in [3.63, 3.8) is 0 Å². The number of aromatic nitrogens is 2. The quantitative estimate of drug-likeness (QED) is 0.799. The van der Waals surface area contributed by atoms with Gasteiger partial charge >= 0.3 is 0 Å². The van der Waals surface area contributed by atoms with Crippen LogP contribution in [-0.2, 0) is 6.54 Å². The van der Waals surface area contributed by atoms with Crippen molar-refractivity contribution in [1.82, 2.24) is 9.55 Å². The Balaban J connectivity index is 1.74. The largest absolute Gasteiger partial charge is 0.469 e. The Kier molecular flexibility index (Phi) is 3.55. The second-order valence-electron chi connectivity index (χ2n) is 4.78. The summed E-state index contributed by atoms with van der Waals surface area (Å²) in [5.41, 5.74) is 2.41. The van der Waals surface area contributed by atoms with E-state index in [2.05, 4.69) is 10.3 Å². The van der Waals surface area contributed by atoms with Crippen molar-refractivity contribution >= 4 is 11.6 Å².